The van der Waals surface area contributed by atoms with Crippen LogP contribution in [0.15, 0.2) is 53.5 Å². The zero-order valence-corrected chi connectivity index (χ0v) is 17.4. The largest absolute Gasteiger partial charge is 0.490 e. The molecule has 0 saturated carbocycles. The maximum absolute atomic E-state index is 6.13. The zero-order valence-electron chi connectivity index (χ0n) is 17.4. The molecule has 4 rings (SSSR count). The molecule has 7 nitrogen and oxygen atoms in total. The lowest BCUT2D eigenvalue weighted by Gasteiger charge is -2.11. The molecule has 7 heteroatoms. The van der Waals surface area contributed by atoms with Gasteiger partial charge in [-0.25, -0.2) is 4.99 Å². The molecule has 156 valence electrons. The van der Waals surface area contributed by atoms with Crippen molar-refractivity contribution in [2.24, 2.45) is 10.7 Å². The smallest absolute Gasteiger partial charge is 0.193 e. The summed E-state index contributed by atoms with van der Waals surface area (Å²) in [5, 5.41) is 7.81. The van der Waals surface area contributed by atoms with Crippen LogP contribution in [0.5, 0.6) is 11.5 Å². The van der Waals surface area contributed by atoms with Gasteiger partial charge in [0.1, 0.15) is 0 Å². The van der Waals surface area contributed by atoms with Crippen molar-refractivity contribution in [1.82, 2.24) is 9.78 Å². The molecule has 2 aromatic carbocycles. The minimum atomic E-state index is 0.346. The lowest BCUT2D eigenvalue weighted by molar-refractivity contribution is 0.297. The Kier molecular flexibility index (Phi) is 5.88. The highest BCUT2D eigenvalue weighted by Crippen LogP contribution is 2.32. The zero-order chi connectivity index (χ0) is 20.9. The molecular formula is C23H27N5O2. The number of hydrogen-bond donors (Lipinski definition) is 2. The average molecular weight is 406 g/mol. The number of hydrogen-bond acceptors (Lipinski definition) is 4. The number of fused-ring (bicyclic) bond motifs is 1. The number of benzene rings is 2. The summed E-state index contributed by atoms with van der Waals surface area (Å²) in [5.74, 6) is 1.82. The van der Waals surface area contributed by atoms with Gasteiger partial charge in [-0.2, -0.15) is 5.10 Å². The van der Waals surface area contributed by atoms with Crippen molar-refractivity contribution in [2.45, 2.75) is 33.4 Å². The van der Waals surface area contributed by atoms with Crippen LogP contribution >= 0.6 is 0 Å². The summed E-state index contributed by atoms with van der Waals surface area (Å²) in [4.78, 5) is 4.52. The predicted octanol–water partition coefficient (Wildman–Crippen LogP) is 3.64. The normalized spacial score (nSPS) is 13.7. The van der Waals surface area contributed by atoms with Gasteiger partial charge in [0.2, 0.25) is 0 Å². The number of aromatic nitrogens is 2. The maximum atomic E-state index is 6.13. The number of rotatable bonds is 5. The monoisotopic (exact) mass is 405 g/mol. The summed E-state index contributed by atoms with van der Waals surface area (Å²) < 4.78 is 13.4. The number of aliphatic imine (C=N–C) groups is 1. The van der Waals surface area contributed by atoms with E-state index in [1.165, 1.54) is 5.56 Å². The molecule has 0 bridgehead atoms. The van der Waals surface area contributed by atoms with Gasteiger partial charge in [-0.05, 0) is 31.5 Å². The standard InChI is InChI=1S/C23H27N5O2/c1-16-20(17(2)28(27-16)15-18-7-4-3-5-8-18)14-25-23(24)26-19-9-10-21-22(13-19)30-12-6-11-29-21/h3-5,7-10,13H,6,11-12,14-15H2,1-2H3,(H3,24,25,26). The molecule has 1 aliphatic rings. The highest BCUT2D eigenvalue weighted by atomic mass is 16.5. The molecule has 2 heterocycles. The fourth-order valence-electron chi connectivity index (χ4n) is 3.47. The van der Waals surface area contributed by atoms with Crippen molar-refractivity contribution in [1.29, 1.82) is 0 Å². The van der Waals surface area contributed by atoms with Gasteiger partial charge >= 0.3 is 0 Å². The van der Waals surface area contributed by atoms with Crippen molar-refractivity contribution in [3.63, 3.8) is 0 Å². The van der Waals surface area contributed by atoms with E-state index in [9.17, 15) is 0 Å². The molecule has 1 aliphatic heterocycles. The second-order valence-corrected chi connectivity index (χ2v) is 7.33. The van der Waals surface area contributed by atoms with Crippen LogP contribution in [0.2, 0.25) is 0 Å². The van der Waals surface area contributed by atoms with Crippen LogP contribution in [-0.2, 0) is 13.1 Å². The number of nitrogens with two attached hydrogens (primary N) is 1. The fourth-order valence-corrected chi connectivity index (χ4v) is 3.47. The van der Waals surface area contributed by atoms with E-state index in [4.69, 9.17) is 15.2 Å². The first-order valence-electron chi connectivity index (χ1n) is 10.1. The lowest BCUT2D eigenvalue weighted by Crippen LogP contribution is -2.22. The molecule has 0 saturated heterocycles. The summed E-state index contributed by atoms with van der Waals surface area (Å²) in [6.45, 7) is 6.59. The Hall–Kier alpha value is -3.48. The number of ether oxygens (including phenoxy) is 2. The molecule has 30 heavy (non-hydrogen) atoms. The van der Waals surface area contributed by atoms with E-state index in [1.54, 1.807) is 0 Å². The predicted molar refractivity (Wildman–Crippen MR) is 118 cm³/mol. The summed E-state index contributed by atoms with van der Waals surface area (Å²) in [7, 11) is 0. The number of anilines is 1. The summed E-state index contributed by atoms with van der Waals surface area (Å²) in [6.07, 6.45) is 0.873. The Morgan fingerprint density at radius 2 is 1.87 bits per heavy atom. The second-order valence-electron chi connectivity index (χ2n) is 7.33. The van der Waals surface area contributed by atoms with Crippen molar-refractivity contribution in [3.05, 3.63) is 71.0 Å². The lowest BCUT2D eigenvalue weighted by atomic mass is 10.2. The molecule has 0 spiro atoms. The van der Waals surface area contributed by atoms with Gasteiger partial charge in [0, 0.05) is 29.4 Å². The Balaban J connectivity index is 1.44. The molecule has 0 radical (unpaired) electrons. The van der Waals surface area contributed by atoms with Crippen molar-refractivity contribution in [3.8, 4) is 11.5 Å². The van der Waals surface area contributed by atoms with E-state index in [-0.39, 0.29) is 0 Å². The van der Waals surface area contributed by atoms with E-state index >= 15 is 0 Å². The highest BCUT2D eigenvalue weighted by molar-refractivity contribution is 5.92. The van der Waals surface area contributed by atoms with Gasteiger partial charge in [-0.1, -0.05) is 30.3 Å². The van der Waals surface area contributed by atoms with Gasteiger partial charge in [0.25, 0.3) is 0 Å². The third kappa shape index (κ3) is 4.56. The molecule has 1 aromatic heterocycles. The highest BCUT2D eigenvalue weighted by Gasteiger charge is 2.13. The topological polar surface area (TPSA) is 86.7 Å². The van der Waals surface area contributed by atoms with E-state index in [1.807, 2.05) is 48.0 Å². The molecule has 0 atom stereocenters. The Labute approximate surface area is 176 Å². The van der Waals surface area contributed by atoms with Crippen LogP contribution in [0.4, 0.5) is 5.69 Å². The van der Waals surface area contributed by atoms with Crippen LogP contribution in [-0.4, -0.2) is 29.0 Å². The molecular weight excluding hydrogens is 378 g/mol. The summed E-state index contributed by atoms with van der Waals surface area (Å²) in [5.41, 5.74) is 11.3. The quantitative estimate of drug-likeness (QED) is 0.500. The SMILES string of the molecule is Cc1nn(Cc2ccccc2)c(C)c1CN=C(N)Nc1ccc2c(c1)OCCCO2. The van der Waals surface area contributed by atoms with Gasteiger partial charge in [0.05, 0.1) is 32.0 Å². The van der Waals surface area contributed by atoms with Crippen molar-refractivity contribution in [2.75, 3.05) is 18.5 Å². The molecule has 0 fully saturated rings. The van der Waals surface area contributed by atoms with E-state index in [2.05, 4.69) is 34.5 Å². The second kappa shape index (κ2) is 8.90. The first-order valence-corrected chi connectivity index (χ1v) is 10.1. The van der Waals surface area contributed by atoms with Crippen molar-refractivity contribution < 1.29 is 9.47 Å². The van der Waals surface area contributed by atoms with Gasteiger partial charge in [-0.3, -0.25) is 4.68 Å². The molecule has 3 aromatic rings. The molecule has 0 aliphatic carbocycles. The Morgan fingerprint density at radius 3 is 2.67 bits per heavy atom. The van der Waals surface area contributed by atoms with Crippen LogP contribution in [0.3, 0.4) is 0 Å². The van der Waals surface area contributed by atoms with E-state index in [0.29, 0.717) is 25.7 Å². The summed E-state index contributed by atoms with van der Waals surface area (Å²) in [6, 6.07) is 16.0. The first kappa shape index (κ1) is 19.8. The third-order valence-corrected chi connectivity index (χ3v) is 5.13. The van der Waals surface area contributed by atoms with Crippen LogP contribution in [0.25, 0.3) is 0 Å². The number of aryl methyl sites for hydroxylation is 1. The third-order valence-electron chi connectivity index (χ3n) is 5.13. The maximum Gasteiger partial charge on any atom is 0.193 e. The Bertz CT molecular complexity index is 1040. The summed E-state index contributed by atoms with van der Waals surface area (Å²) >= 11 is 0. The molecule has 0 amide bonds. The molecule has 3 N–H and O–H groups in total. The number of guanidine groups is 1. The Morgan fingerprint density at radius 1 is 1.10 bits per heavy atom. The van der Waals surface area contributed by atoms with E-state index < -0.39 is 0 Å². The number of nitrogens with one attached hydrogen (secondary N) is 1. The van der Waals surface area contributed by atoms with Crippen molar-refractivity contribution >= 4 is 11.6 Å². The van der Waals surface area contributed by atoms with E-state index in [0.717, 1.165) is 47.1 Å². The van der Waals surface area contributed by atoms with Gasteiger partial charge in [-0.15, -0.1) is 0 Å². The molecule has 0 unspecified atom stereocenters. The van der Waals surface area contributed by atoms with Gasteiger partial charge in [0.15, 0.2) is 17.5 Å². The van der Waals surface area contributed by atoms with Crippen LogP contribution in [0.1, 0.15) is 28.9 Å². The van der Waals surface area contributed by atoms with Crippen LogP contribution in [0, 0.1) is 13.8 Å². The van der Waals surface area contributed by atoms with Crippen LogP contribution < -0.4 is 20.5 Å². The minimum absolute atomic E-state index is 0.346. The average Bonchev–Trinajstić information content (AvgIpc) is 2.89. The fraction of sp³-hybridized carbons (Fsp3) is 0.304. The number of nitrogens with zero attached hydrogens (tertiary/aromatic N) is 3. The van der Waals surface area contributed by atoms with Gasteiger partial charge < -0.3 is 20.5 Å². The first-order chi connectivity index (χ1) is 14.6. The minimum Gasteiger partial charge on any atom is -0.490 e.